The number of imidazole rings is 2. The monoisotopic (exact) mass is 555 g/mol. The van der Waals surface area contributed by atoms with Crippen LogP contribution in [0.1, 0.15) is 80.4 Å². The predicted octanol–water partition coefficient (Wildman–Crippen LogP) is 4.41. The lowest BCUT2D eigenvalue weighted by molar-refractivity contribution is -0.334. The van der Waals surface area contributed by atoms with Crippen LogP contribution in [0.25, 0.3) is 22.4 Å². The number of aromatic amines is 2. The zero-order valence-electron chi connectivity index (χ0n) is 23.4. The van der Waals surface area contributed by atoms with Crippen molar-refractivity contribution in [3.05, 3.63) is 71.7 Å². The van der Waals surface area contributed by atoms with Crippen molar-refractivity contribution < 1.29 is 14.3 Å². The van der Waals surface area contributed by atoms with Crippen LogP contribution < -0.4 is 10.6 Å². The maximum Gasteiger partial charge on any atom is 0.240 e. The summed E-state index contributed by atoms with van der Waals surface area (Å²) in [4.78, 5) is 31.4. The van der Waals surface area contributed by atoms with E-state index in [1.807, 2.05) is 24.2 Å². The molecule has 7 rings (SSSR count). The molecule has 1 amide bonds. The van der Waals surface area contributed by atoms with Crippen LogP contribution in [0.3, 0.4) is 0 Å². The van der Waals surface area contributed by atoms with Crippen LogP contribution in [-0.2, 0) is 14.3 Å². The van der Waals surface area contributed by atoms with E-state index in [2.05, 4.69) is 67.0 Å². The molecule has 4 aliphatic rings. The van der Waals surface area contributed by atoms with Gasteiger partial charge in [0.25, 0.3) is 0 Å². The van der Waals surface area contributed by atoms with Crippen molar-refractivity contribution in [1.29, 1.82) is 0 Å². The molecule has 3 aliphatic heterocycles. The Kier molecular flexibility index (Phi) is 7.30. The average Bonchev–Trinajstić information content (AvgIpc) is 3.81. The van der Waals surface area contributed by atoms with E-state index in [4.69, 9.17) is 9.47 Å². The molecule has 0 radical (unpaired) electrons. The normalized spacial score (nSPS) is 23.8. The van der Waals surface area contributed by atoms with E-state index in [0.29, 0.717) is 6.04 Å². The van der Waals surface area contributed by atoms with E-state index >= 15 is 0 Å². The van der Waals surface area contributed by atoms with Gasteiger partial charge in [-0.05, 0) is 74.3 Å². The Labute approximate surface area is 239 Å². The van der Waals surface area contributed by atoms with Crippen molar-refractivity contribution >= 4 is 17.1 Å². The first kappa shape index (κ1) is 26.3. The Morgan fingerprint density at radius 1 is 0.951 bits per heavy atom. The van der Waals surface area contributed by atoms with E-state index in [1.54, 1.807) is 0 Å². The minimum absolute atomic E-state index is 0.0330. The molecule has 3 saturated heterocycles. The summed E-state index contributed by atoms with van der Waals surface area (Å²) in [7, 11) is 0. The Morgan fingerprint density at radius 3 is 2.41 bits per heavy atom. The van der Waals surface area contributed by atoms with Crippen molar-refractivity contribution in [2.24, 2.45) is 0 Å². The molecule has 10 heteroatoms. The molecular formula is C31H37N7O3. The van der Waals surface area contributed by atoms with Crippen molar-refractivity contribution in [1.82, 2.24) is 35.5 Å². The second kappa shape index (κ2) is 11.4. The van der Waals surface area contributed by atoms with Gasteiger partial charge in [-0.15, -0.1) is 0 Å². The van der Waals surface area contributed by atoms with Gasteiger partial charge in [-0.2, -0.15) is 0 Å². The SMILES string of the molecule is C[C@H](NC1OCO1)C(=O)N1CCC[C@H]1c1ncc(-c2ccc(C3=CC=C(c4cnc([C@@H]5CCCN5)[nH]4)CC3)cc2)[nH]1. The molecule has 0 bridgehead atoms. The van der Waals surface area contributed by atoms with Gasteiger partial charge in [0.15, 0.2) is 6.79 Å². The van der Waals surface area contributed by atoms with Crippen LogP contribution in [-0.4, -0.2) is 63.1 Å². The van der Waals surface area contributed by atoms with Crippen molar-refractivity contribution in [2.45, 2.75) is 70.0 Å². The second-order valence-electron chi connectivity index (χ2n) is 11.3. The fourth-order valence-corrected chi connectivity index (χ4v) is 6.28. The van der Waals surface area contributed by atoms with Crippen LogP contribution in [0.4, 0.5) is 0 Å². The molecule has 3 fully saturated rings. The van der Waals surface area contributed by atoms with E-state index in [1.165, 1.54) is 23.1 Å². The first-order valence-electron chi connectivity index (χ1n) is 14.8. The Bertz CT molecular complexity index is 1450. The van der Waals surface area contributed by atoms with E-state index in [9.17, 15) is 4.79 Å². The number of nitrogens with one attached hydrogen (secondary N) is 4. The van der Waals surface area contributed by atoms with Crippen LogP contribution in [0.5, 0.6) is 0 Å². The van der Waals surface area contributed by atoms with Crippen LogP contribution >= 0.6 is 0 Å². The third-order valence-corrected chi connectivity index (χ3v) is 8.69. The number of ether oxygens (including phenoxy) is 2. The minimum atomic E-state index is -0.501. The molecule has 1 aromatic carbocycles. The summed E-state index contributed by atoms with van der Waals surface area (Å²) in [6, 6.07) is 8.56. The molecule has 0 unspecified atom stereocenters. The lowest BCUT2D eigenvalue weighted by atomic mass is 9.91. The van der Waals surface area contributed by atoms with Gasteiger partial charge >= 0.3 is 0 Å². The minimum Gasteiger partial charge on any atom is -0.341 e. The molecule has 5 heterocycles. The molecule has 0 saturated carbocycles. The molecule has 2 aromatic heterocycles. The Balaban J connectivity index is 1.00. The van der Waals surface area contributed by atoms with Crippen molar-refractivity contribution in [3.63, 3.8) is 0 Å². The fraction of sp³-hybridized carbons (Fsp3) is 0.452. The summed E-state index contributed by atoms with van der Waals surface area (Å²) in [5.41, 5.74) is 7.04. The highest BCUT2D eigenvalue weighted by Crippen LogP contribution is 2.34. The maximum absolute atomic E-state index is 13.1. The third-order valence-electron chi connectivity index (χ3n) is 8.69. The molecule has 10 nitrogen and oxygen atoms in total. The number of amides is 1. The van der Waals surface area contributed by atoms with E-state index in [0.717, 1.165) is 73.8 Å². The fourth-order valence-electron chi connectivity index (χ4n) is 6.28. The number of nitrogens with zero attached hydrogens (tertiary/aromatic N) is 3. The largest absolute Gasteiger partial charge is 0.341 e. The van der Waals surface area contributed by atoms with Gasteiger partial charge in [-0.3, -0.25) is 10.1 Å². The molecule has 0 spiro atoms. The zero-order chi connectivity index (χ0) is 27.8. The molecule has 1 aliphatic carbocycles. The highest BCUT2D eigenvalue weighted by molar-refractivity contribution is 5.82. The standard InChI is InChI=1S/C31H37N7O3/c1-19(35-31-40-18-41-31)30(39)38-15-3-5-27(38)29-34-17-26(37-29)23-12-8-21(9-13-23)20-6-10-22(11-7-20)25-16-33-28(36-25)24-4-2-14-32-24/h6,8-10,12-13,16-17,19,24,27,31-32,35H,2-5,7,11,14-15,18H2,1H3,(H,33,36)(H,34,37)/t19-,24-,27-/m0/s1. The van der Waals surface area contributed by atoms with Gasteiger partial charge in [0, 0.05) is 6.54 Å². The molecule has 3 aromatic rings. The number of benzene rings is 1. The number of carbonyl (C=O) groups is 1. The lowest BCUT2D eigenvalue weighted by Crippen LogP contribution is -2.53. The van der Waals surface area contributed by atoms with E-state index in [-0.39, 0.29) is 18.7 Å². The van der Waals surface area contributed by atoms with Gasteiger partial charge in [0.05, 0.1) is 41.9 Å². The quantitative estimate of drug-likeness (QED) is 0.325. The highest BCUT2D eigenvalue weighted by Gasteiger charge is 2.35. The smallest absolute Gasteiger partial charge is 0.240 e. The third kappa shape index (κ3) is 5.40. The number of aromatic nitrogens is 4. The number of H-pyrrole nitrogens is 2. The van der Waals surface area contributed by atoms with Gasteiger partial charge < -0.3 is 29.7 Å². The summed E-state index contributed by atoms with van der Waals surface area (Å²) < 4.78 is 10.5. The maximum atomic E-state index is 13.1. The topological polar surface area (TPSA) is 120 Å². The summed E-state index contributed by atoms with van der Waals surface area (Å²) in [6.45, 7) is 3.90. The zero-order valence-corrected chi connectivity index (χ0v) is 23.4. The molecule has 214 valence electrons. The van der Waals surface area contributed by atoms with E-state index < -0.39 is 12.5 Å². The number of carbonyl (C=O) groups excluding carboxylic acids is 1. The van der Waals surface area contributed by atoms with Gasteiger partial charge in [-0.25, -0.2) is 9.97 Å². The molecule has 4 N–H and O–H groups in total. The number of hydrogen-bond donors (Lipinski definition) is 4. The highest BCUT2D eigenvalue weighted by atomic mass is 16.9. The summed E-state index contributed by atoms with van der Waals surface area (Å²) in [5, 5.41) is 6.58. The van der Waals surface area contributed by atoms with Crippen molar-refractivity contribution in [2.75, 3.05) is 19.9 Å². The van der Waals surface area contributed by atoms with Crippen LogP contribution in [0, 0.1) is 0 Å². The molecular weight excluding hydrogens is 518 g/mol. The number of allylic oxidation sites excluding steroid dienone is 4. The predicted molar refractivity (Wildman–Crippen MR) is 155 cm³/mol. The summed E-state index contributed by atoms with van der Waals surface area (Å²) in [6.07, 6.45) is 14.0. The van der Waals surface area contributed by atoms with Crippen LogP contribution in [0.2, 0.25) is 0 Å². The lowest BCUT2D eigenvalue weighted by Gasteiger charge is -2.32. The van der Waals surface area contributed by atoms with Gasteiger partial charge in [0.1, 0.15) is 11.6 Å². The Morgan fingerprint density at radius 2 is 1.68 bits per heavy atom. The average molecular weight is 556 g/mol. The number of likely N-dealkylation sites (tertiary alicyclic amines) is 1. The first-order chi connectivity index (χ1) is 20.1. The second-order valence-corrected chi connectivity index (χ2v) is 11.3. The van der Waals surface area contributed by atoms with Crippen LogP contribution in [0.15, 0.2) is 48.8 Å². The molecule has 41 heavy (non-hydrogen) atoms. The molecule has 3 atom stereocenters. The van der Waals surface area contributed by atoms with Crippen molar-refractivity contribution in [3.8, 4) is 11.3 Å². The Hall–Kier alpha value is -3.57. The summed E-state index contributed by atoms with van der Waals surface area (Å²) >= 11 is 0. The number of hydrogen-bond acceptors (Lipinski definition) is 7. The summed E-state index contributed by atoms with van der Waals surface area (Å²) in [5.74, 6) is 1.92. The van der Waals surface area contributed by atoms with Gasteiger partial charge in [0.2, 0.25) is 12.3 Å². The van der Waals surface area contributed by atoms with Gasteiger partial charge in [-0.1, -0.05) is 36.4 Å². The first-order valence-corrected chi connectivity index (χ1v) is 14.8. The number of rotatable bonds is 8.